The number of hydrogen-bond donors (Lipinski definition) is 1. The van der Waals surface area contributed by atoms with Gasteiger partial charge in [0.05, 0.1) is 17.7 Å². The second-order valence-electron chi connectivity index (χ2n) is 9.15. The van der Waals surface area contributed by atoms with Crippen LogP contribution in [0.25, 0.3) is 0 Å². The highest BCUT2D eigenvalue weighted by atomic mass is 16.6. The summed E-state index contributed by atoms with van der Waals surface area (Å²) in [4.78, 5) is 27.8. The molecule has 1 aromatic heterocycles. The SMILES string of the molecule is O=C(OCc1ccno1)[C@@H]1CC(O)CN1C(=O)C12CC3CC(CC(C3)C1)C2. The van der Waals surface area contributed by atoms with Crippen molar-refractivity contribution < 1.29 is 24.0 Å². The Balaban J connectivity index is 1.32. The molecule has 0 spiro atoms. The first kappa shape index (κ1) is 17.2. The molecule has 1 N–H and O–H groups in total. The van der Waals surface area contributed by atoms with Gasteiger partial charge in [-0.15, -0.1) is 0 Å². The lowest BCUT2D eigenvalue weighted by Crippen LogP contribution is -2.56. The van der Waals surface area contributed by atoms with Crippen molar-refractivity contribution in [2.24, 2.45) is 23.2 Å². The summed E-state index contributed by atoms with van der Waals surface area (Å²) >= 11 is 0. The fraction of sp³-hybridized carbons (Fsp3) is 0.750. The molecular weight excluding hydrogens is 348 g/mol. The Morgan fingerprint density at radius 3 is 2.44 bits per heavy atom. The molecular formula is C20H26N2O5. The van der Waals surface area contributed by atoms with E-state index in [1.165, 1.54) is 25.5 Å². The van der Waals surface area contributed by atoms with Crippen molar-refractivity contribution >= 4 is 11.9 Å². The van der Waals surface area contributed by atoms with Crippen LogP contribution < -0.4 is 0 Å². The highest BCUT2D eigenvalue weighted by Gasteiger charge is 2.57. The number of carbonyl (C=O) groups excluding carboxylic acids is 2. The number of aliphatic hydroxyl groups excluding tert-OH is 1. The maximum atomic E-state index is 13.6. The van der Waals surface area contributed by atoms with Crippen molar-refractivity contribution in [2.45, 2.75) is 63.7 Å². The third kappa shape index (κ3) is 2.96. The molecule has 5 fully saturated rings. The molecule has 0 aromatic carbocycles. The van der Waals surface area contributed by atoms with Gasteiger partial charge in [-0.05, 0) is 56.3 Å². The fourth-order valence-corrected chi connectivity index (χ4v) is 6.49. The smallest absolute Gasteiger partial charge is 0.329 e. The maximum Gasteiger partial charge on any atom is 0.329 e. The molecule has 1 amide bonds. The molecule has 0 radical (unpaired) electrons. The van der Waals surface area contributed by atoms with Crippen molar-refractivity contribution in [3.05, 3.63) is 18.0 Å². The number of carbonyl (C=O) groups is 2. The van der Waals surface area contributed by atoms with Crippen LogP contribution in [-0.2, 0) is 20.9 Å². The third-order valence-corrected chi connectivity index (χ3v) is 7.15. The lowest BCUT2D eigenvalue weighted by molar-refractivity contribution is -0.166. The number of rotatable bonds is 4. The first-order chi connectivity index (χ1) is 13.0. The Labute approximate surface area is 158 Å². The van der Waals surface area contributed by atoms with E-state index in [1.54, 1.807) is 11.0 Å². The second kappa shape index (κ2) is 6.33. The molecule has 1 saturated heterocycles. The quantitative estimate of drug-likeness (QED) is 0.809. The highest BCUT2D eigenvalue weighted by molar-refractivity contribution is 5.89. The van der Waals surface area contributed by atoms with Crippen LogP contribution in [0.3, 0.4) is 0 Å². The van der Waals surface area contributed by atoms with Crippen LogP contribution in [0.1, 0.15) is 50.7 Å². The number of aliphatic hydroxyl groups is 1. The van der Waals surface area contributed by atoms with Crippen molar-refractivity contribution in [1.82, 2.24) is 10.1 Å². The van der Waals surface area contributed by atoms with Gasteiger partial charge < -0.3 is 19.3 Å². The standard InChI is InChI=1S/C20H26N2O5/c23-15-6-17(18(24)26-11-16-1-2-21-27-16)22(10-15)19(25)20-7-12-3-13(8-20)5-14(4-12)9-20/h1-2,12-15,17,23H,3-11H2/t12?,13?,14?,15?,17-,20?/m0/s1. The van der Waals surface area contributed by atoms with E-state index in [0.717, 1.165) is 19.3 Å². The van der Waals surface area contributed by atoms with Crippen molar-refractivity contribution in [3.63, 3.8) is 0 Å². The minimum atomic E-state index is -0.705. The van der Waals surface area contributed by atoms with E-state index in [0.29, 0.717) is 23.5 Å². The van der Waals surface area contributed by atoms with Gasteiger partial charge in [-0.3, -0.25) is 4.79 Å². The molecule has 4 bridgehead atoms. The Bertz CT molecular complexity index is 695. The number of nitrogens with zero attached hydrogens (tertiary/aromatic N) is 2. The molecule has 1 unspecified atom stereocenters. The zero-order valence-electron chi connectivity index (χ0n) is 15.4. The summed E-state index contributed by atoms with van der Waals surface area (Å²) in [6.45, 7) is 0.216. The van der Waals surface area contributed by atoms with Crippen molar-refractivity contribution in [2.75, 3.05) is 6.54 Å². The number of hydrogen-bond acceptors (Lipinski definition) is 6. The first-order valence-corrected chi connectivity index (χ1v) is 10.1. The van der Waals surface area contributed by atoms with Crippen LogP contribution in [0.4, 0.5) is 0 Å². The van der Waals surface area contributed by atoms with E-state index in [9.17, 15) is 14.7 Å². The largest absolute Gasteiger partial charge is 0.456 e. The van der Waals surface area contributed by atoms with Crippen LogP contribution in [0, 0.1) is 23.2 Å². The van der Waals surface area contributed by atoms with E-state index in [1.807, 2.05) is 0 Å². The summed E-state index contributed by atoms with van der Waals surface area (Å²) < 4.78 is 10.3. The van der Waals surface area contributed by atoms with Crippen LogP contribution >= 0.6 is 0 Å². The molecule has 4 saturated carbocycles. The van der Waals surface area contributed by atoms with Crippen LogP contribution in [-0.4, -0.2) is 45.7 Å². The Hall–Kier alpha value is -1.89. The van der Waals surface area contributed by atoms with E-state index >= 15 is 0 Å². The number of ether oxygens (including phenoxy) is 1. The number of esters is 1. The maximum absolute atomic E-state index is 13.6. The third-order valence-electron chi connectivity index (χ3n) is 7.15. The predicted molar refractivity (Wildman–Crippen MR) is 93.0 cm³/mol. The molecule has 27 heavy (non-hydrogen) atoms. The van der Waals surface area contributed by atoms with E-state index in [-0.39, 0.29) is 30.9 Å². The van der Waals surface area contributed by atoms with Gasteiger partial charge in [0.1, 0.15) is 6.04 Å². The molecule has 1 aliphatic heterocycles. The zero-order chi connectivity index (χ0) is 18.6. The van der Waals surface area contributed by atoms with Crippen LogP contribution in [0.15, 0.2) is 16.8 Å². The summed E-state index contributed by atoms with van der Waals surface area (Å²) in [7, 11) is 0. The van der Waals surface area contributed by atoms with Gasteiger partial charge >= 0.3 is 5.97 Å². The lowest BCUT2D eigenvalue weighted by Gasteiger charge is -2.56. The molecule has 7 heteroatoms. The molecule has 4 aliphatic carbocycles. The van der Waals surface area contributed by atoms with Gasteiger partial charge in [0.15, 0.2) is 12.4 Å². The monoisotopic (exact) mass is 374 g/mol. The van der Waals surface area contributed by atoms with E-state index in [4.69, 9.17) is 9.26 Å². The van der Waals surface area contributed by atoms with Crippen LogP contribution in [0.5, 0.6) is 0 Å². The van der Waals surface area contributed by atoms with Gasteiger partial charge in [-0.25, -0.2) is 4.79 Å². The van der Waals surface area contributed by atoms with Gasteiger partial charge in [0, 0.05) is 19.0 Å². The average molecular weight is 374 g/mol. The molecule has 6 rings (SSSR count). The minimum absolute atomic E-state index is 0.00910. The van der Waals surface area contributed by atoms with Gasteiger partial charge in [0.2, 0.25) is 5.91 Å². The number of β-amino-alcohol motifs (C(OH)–C–C–N with tert-alkyl or cyclic N) is 1. The second-order valence-corrected chi connectivity index (χ2v) is 9.15. The summed E-state index contributed by atoms with van der Waals surface area (Å²) in [5.41, 5.74) is -0.317. The Kier molecular flexibility index (Phi) is 4.04. The number of likely N-dealkylation sites (tertiary alicyclic amines) is 1. The normalized spacial score (nSPS) is 39.7. The Morgan fingerprint density at radius 2 is 1.85 bits per heavy atom. The van der Waals surface area contributed by atoms with Crippen molar-refractivity contribution in [1.29, 1.82) is 0 Å². The molecule has 5 aliphatic rings. The lowest BCUT2D eigenvalue weighted by atomic mass is 9.49. The predicted octanol–water partition coefficient (Wildman–Crippen LogP) is 1.90. The van der Waals surface area contributed by atoms with E-state index < -0.39 is 18.1 Å². The summed E-state index contributed by atoms with van der Waals surface area (Å²) in [6.07, 6.45) is 7.69. The fourth-order valence-electron chi connectivity index (χ4n) is 6.49. The highest BCUT2D eigenvalue weighted by Crippen LogP contribution is 2.60. The van der Waals surface area contributed by atoms with Gasteiger partial charge in [0.25, 0.3) is 0 Å². The first-order valence-electron chi connectivity index (χ1n) is 10.1. The topological polar surface area (TPSA) is 92.9 Å². The van der Waals surface area contributed by atoms with Gasteiger partial charge in [-0.1, -0.05) is 5.16 Å². The molecule has 2 atom stereocenters. The summed E-state index contributed by atoms with van der Waals surface area (Å²) in [5.74, 6) is 2.03. The number of amides is 1. The summed E-state index contributed by atoms with van der Waals surface area (Å²) in [5, 5.41) is 13.8. The van der Waals surface area contributed by atoms with E-state index in [2.05, 4.69) is 5.16 Å². The molecule has 7 nitrogen and oxygen atoms in total. The molecule has 2 heterocycles. The van der Waals surface area contributed by atoms with Crippen molar-refractivity contribution in [3.8, 4) is 0 Å². The minimum Gasteiger partial charge on any atom is -0.456 e. The molecule has 146 valence electrons. The number of aromatic nitrogens is 1. The molecule has 1 aromatic rings. The zero-order valence-corrected chi connectivity index (χ0v) is 15.4. The summed E-state index contributed by atoms with van der Waals surface area (Å²) in [6, 6.07) is 0.929. The average Bonchev–Trinajstić information content (AvgIpc) is 3.27. The van der Waals surface area contributed by atoms with Crippen LogP contribution in [0.2, 0.25) is 0 Å². The van der Waals surface area contributed by atoms with Gasteiger partial charge in [-0.2, -0.15) is 0 Å². The Morgan fingerprint density at radius 1 is 1.19 bits per heavy atom.